The zero-order chi connectivity index (χ0) is 15.3. The molecule has 1 aromatic rings. The van der Waals surface area contributed by atoms with Gasteiger partial charge < -0.3 is 5.11 Å². The molecule has 0 spiro atoms. The predicted molar refractivity (Wildman–Crippen MR) is 67.6 cm³/mol. The van der Waals surface area contributed by atoms with Crippen LogP contribution in [0.25, 0.3) is 0 Å². The van der Waals surface area contributed by atoms with Crippen LogP contribution in [0.3, 0.4) is 0 Å². The lowest BCUT2D eigenvalue weighted by Crippen LogP contribution is -2.41. The predicted octanol–water partition coefficient (Wildman–Crippen LogP) is 1.89. The third-order valence-corrected chi connectivity index (χ3v) is 4.14. The molecule has 1 rings (SSSR count). The molecule has 0 aliphatic rings. The molecule has 112 valence electrons. The van der Waals surface area contributed by atoms with Crippen molar-refractivity contribution in [2.75, 3.05) is 0 Å². The molecule has 0 saturated carbocycles. The van der Waals surface area contributed by atoms with Crippen LogP contribution in [0.2, 0.25) is 0 Å². The monoisotopic (exact) mass is 307 g/mol. The average Bonchev–Trinajstić information content (AvgIpc) is 2.37. The highest BCUT2D eigenvalue weighted by Gasteiger charge is 2.28. The normalized spacial score (nSPS) is 13.2. The lowest BCUT2D eigenvalue weighted by Gasteiger charge is -2.14. The number of unbranched alkanes of at least 4 members (excludes halogenated alkanes) is 1. The van der Waals surface area contributed by atoms with Crippen molar-refractivity contribution in [1.82, 2.24) is 4.72 Å². The number of rotatable bonds is 7. The van der Waals surface area contributed by atoms with E-state index in [1.165, 1.54) is 0 Å². The number of hydrogen-bond donors (Lipinski definition) is 2. The summed E-state index contributed by atoms with van der Waals surface area (Å²) in [5.41, 5.74) is 0. The summed E-state index contributed by atoms with van der Waals surface area (Å²) in [5, 5.41) is 8.94. The molecule has 1 atom stereocenters. The van der Waals surface area contributed by atoms with E-state index in [0.717, 1.165) is 18.2 Å². The summed E-state index contributed by atoms with van der Waals surface area (Å²) in [7, 11) is -4.43. The third kappa shape index (κ3) is 3.97. The Morgan fingerprint density at radius 3 is 2.60 bits per heavy atom. The first kappa shape index (κ1) is 16.5. The molecule has 2 N–H and O–H groups in total. The summed E-state index contributed by atoms with van der Waals surface area (Å²) in [6.45, 7) is 1.82. The van der Waals surface area contributed by atoms with Crippen LogP contribution in [0.15, 0.2) is 23.1 Å². The first-order valence-corrected chi connectivity index (χ1v) is 7.47. The van der Waals surface area contributed by atoms with Crippen LogP contribution in [-0.2, 0) is 14.8 Å². The van der Waals surface area contributed by atoms with Crippen LogP contribution in [0.1, 0.15) is 26.2 Å². The fourth-order valence-corrected chi connectivity index (χ4v) is 2.89. The van der Waals surface area contributed by atoms with Gasteiger partial charge in [-0.05, 0) is 18.6 Å². The highest BCUT2D eigenvalue weighted by atomic mass is 32.2. The summed E-state index contributed by atoms with van der Waals surface area (Å²) in [6.07, 6.45) is 1.24. The molecule has 0 amide bonds. The number of hydrogen-bond acceptors (Lipinski definition) is 3. The second-order valence-electron chi connectivity index (χ2n) is 4.21. The Kier molecular flexibility index (Phi) is 5.58. The molecule has 0 aliphatic heterocycles. The Morgan fingerprint density at radius 2 is 2.05 bits per heavy atom. The highest BCUT2D eigenvalue weighted by molar-refractivity contribution is 7.89. The number of carbonyl (C=O) groups is 1. The number of benzene rings is 1. The Labute approximate surface area is 115 Å². The van der Waals surface area contributed by atoms with E-state index < -0.39 is 38.6 Å². The van der Waals surface area contributed by atoms with Gasteiger partial charge in [-0.2, -0.15) is 4.72 Å². The minimum absolute atomic E-state index is 0.0714. The van der Waals surface area contributed by atoms with Gasteiger partial charge >= 0.3 is 5.97 Å². The Morgan fingerprint density at radius 1 is 1.40 bits per heavy atom. The molecular formula is C12H15F2NO4S. The van der Waals surface area contributed by atoms with Crippen LogP contribution in [0.5, 0.6) is 0 Å². The Balaban J connectivity index is 3.04. The molecule has 0 aromatic heterocycles. The van der Waals surface area contributed by atoms with Crippen molar-refractivity contribution in [3.63, 3.8) is 0 Å². The molecule has 0 saturated heterocycles. The molecule has 0 aliphatic carbocycles. The summed E-state index contributed by atoms with van der Waals surface area (Å²) in [6, 6.07) is 1.32. The lowest BCUT2D eigenvalue weighted by atomic mass is 10.1. The minimum Gasteiger partial charge on any atom is -0.480 e. The molecular weight excluding hydrogens is 292 g/mol. The first-order chi connectivity index (χ1) is 9.29. The molecule has 8 heteroatoms. The second kappa shape index (κ2) is 6.76. The summed E-state index contributed by atoms with van der Waals surface area (Å²) < 4.78 is 52.2. The average molecular weight is 307 g/mol. The van der Waals surface area contributed by atoms with E-state index in [2.05, 4.69) is 0 Å². The molecule has 0 heterocycles. The van der Waals surface area contributed by atoms with Crippen LogP contribution in [0.4, 0.5) is 8.78 Å². The van der Waals surface area contributed by atoms with Gasteiger partial charge in [-0.1, -0.05) is 25.8 Å². The summed E-state index contributed by atoms with van der Waals surface area (Å²) in [4.78, 5) is 10.1. The van der Waals surface area contributed by atoms with E-state index in [0.29, 0.717) is 12.8 Å². The molecule has 1 aromatic carbocycles. The number of sulfonamides is 1. The number of carboxylic acids is 1. The Hall–Kier alpha value is -1.54. The van der Waals surface area contributed by atoms with Crippen molar-refractivity contribution >= 4 is 16.0 Å². The van der Waals surface area contributed by atoms with Gasteiger partial charge in [-0.25, -0.2) is 17.2 Å². The van der Waals surface area contributed by atoms with Gasteiger partial charge in [0, 0.05) is 0 Å². The molecule has 20 heavy (non-hydrogen) atoms. The standard InChI is InChI=1S/C12H15F2NO4S/c1-2-3-6-9(12(16)17)15-20(18,19)10-7-4-5-8(13)11(10)14/h4-5,7,9,15H,2-3,6H2,1H3,(H,16,17). The van der Waals surface area contributed by atoms with Gasteiger partial charge in [-0.3, -0.25) is 4.79 Å². The van der Waals surface area contributed by atoms with Crippen molar-refractivity contribution in [3.05, 3.63) is 29.8 Å². The molecule has 5 nitrogen and oxygen atoms in total. The zero-order valence-electron chi connectivity index (χ0n) is 10.8. The number of nitrogens with one attached hydrogen (secondary N) is 1. The molecule has 0 radical (unpaired) electrons. The SMILES string of the molecule is CCCCC(NS(=O)(=O)c1cccc(F)c1F)C(=O)O. The van der Waals surface area contributed by atoms with Crippen molar-refractivity contribution in [1.29, 1.82) is 0 Å². The number of aliphatic carboxylic acids is 1. The van der Waals surface area contributed by atoms with E-state index in [9.17, 15) is 22.0 Å². The molecule has 0 fully saturated rings. The van der Waals surface area contributed by atoms with E-state index in [1.807, 2.05) is 11.6 Å². The smallest absolute Gasteiger partial charge is 0.321 e. The number of halogens is 2. The molecule has 1 unspecified atom stereocenters. The number of carboxylic acid groups (broad SMARTS) is 1. The van der Waals surface area contributed by atoms with Crippen molar-refractivity contribution in [2.24, 2.45) is 0 Å². The van der Waals surface area contributed by atoms with Crippen LogP contribution in [0, 0.1) is 11.6 Å². The van der Waals surface area contributed by atoms with E-state index in [4.69, 9.17) is 5.11 Å². The van der Waals surface area contributed by atoms with Crippen molar-refractivity contribution < 1.29 is 27.1 Å². The van der Waals surface area contributed by atoms with Crippen LogP contribution in [-0.4, -0.2) is 25.5 Å². The topological polar surface area (TPSA) is 83.5 Å². The van der Waals surface area contributed by atoms with Gasteiger partial charge in [0.05, 0.1) is 0 Å². The van der Waals surface area contributed by atoms with E-state index in [-0.39, 0.29) is 6.42 Å². The van der Waals surface area contributed by atoms with E-state index >= 15 is 0 Å². The van der Waals surface area contributed by atoms with Crippen molar-refractivity contribution in [2.45, 2.75) is 37.1 Å². The highest BCUT2D eigenvalue weighted by Crippen LogP contribution is 2.17. The lowest BCUT2D eigenvalue weighted by molar-refractivity contribution is -0.139. The van der Waals surface area contributed by atoms with Crippen molar-refractivity contribution in [3.8, 4) is 0 Å². The first-order valence-electron chi connectivity index (χ1n) is 5.98. The zero-order valence-corrected chi connectivity index (χ0v) is 11.6. The summed E-state index contributed by atoms with van der Waals surface area (Å²) in [5.74, 6) is -4.20. The minimum atomic E-state index is -4.43. The van der Waals surface area contributed by atoms with Crippen LogP contribution >= 0.6 is 0 Å². The molecule has 0 bridgehead atoms. The maximum absolute atomic E-state index is 13.5. The van der Waals surface area contributed by atoms with Gasteiger partial charge in [0.15, 0.2) is 11.6 Å². The van der Waals surface area contributed by atoms with Gasteiger partial charge in [0.2, 0.25) is 10.0 Å². The quantitative estimate of drug-likeness (QED) is 0.805. The fraction of sp³-hybridized carbons (Fsp3) is 0.417. The van der Waals surface area contributed by atoms with Gasteiger partial charge in [0.25, 0.3) is 0 Å². The largest absolute Gasteiger partial charge is 0.480 e. The third-order valence-electron chi connectivity index (χ3n) is 2.65. The Bertz CT molecular complexity index is 589. The van der Waals surface area contributed by atoms with Crippen LogP contribution < -0.4 is 4.72 Å². The van der Waals surface area contributed by atoms with Gasteiger partial charge in [-0.15, -0.1) is 0 Å². The second-order valence-corrected chi connectivity index (χ2v) is 5.89. The maximum Gasteiger partial charge on any atom is 0.321 e. The maximum atomic E-state index is 13.5. The fourth-order valence-electron chi connectivity index (χ4n) is 1.58. The van der Waals surface area contributed by atoms with E-state index in [1.54, 1.807) is 0 Å². The van der Waals surface area contributed by atoms with Gasteiger partial charge in [0.1, 0.15) is 10.9 Å². The summed E-state index contributed by atoms with van der Waals surface area (Å²) >= 11 is 0.